The number of rotatable bonds is 5. The largest absolute Gasteiger partial charge is 0.507 e. The monoisotopic (exact) mass is 360 g/mol. The van der Waals surface area contributed by atoms with E-state index < -0.39 is 0 Å². The molecule has 0 unspecified atom stereocenters. The summed E-state index contributed by atoms with van der Waals surface area (Å²) >= 11 is 0. The van der Waals surface area contributed by atoms with Crippen LogP contribution in [0.2, 0.25) is 0 Å². The van der Waals surface area contributed by atoms with Gasteiger partial charge in [0, 0.05) is 16.3 Å². The summed E-state index contributed by atoms with van der Waals surface area (Å²) in [5.41, 5.74) is 3.37. The molecule has 3 heteroatoms. The van der Waals surface area contributed by atoms with Crippen molar-refractivity contribution in [1.82, 2.24) is 0 Å². The van der Waals surface area contributed by atoms with Crippen LogP contribution in [0, 0.1) is 0 Å². The molecule has 1 heterocycles. The second-order valence-electron chi connectivity index (χ2n) is 7.05. The SMILES string of the molecule is C=CC[C@H]1Cc2cc3c(O)cccc3c(OCc3ccccc3)c2[C@H](C)O1. The maximum atomic E-state index is 10.4. The van der Waals surface area contributed by atoms with E-state index in [2.05, 4.69) is 31.7 Å². The molecule has 0 spiro atoms. The van der Waals surface area contributed by atoms with E-state index in [9.17, 15) is 5.11 Å². The first kappa shape index (κ1) is 17.6. The minimum absolute atomic E-state index is 0.0729. The van der Waals surface area contributed by atoms with Crippen LogP contribution in [0.3, 0.4) is 0 Å². The summed E-state index contributed by atoms with van der Waals surface area (Å²) in [6.45, 7) is 6.38. The van der Waals surface area contributed by atoms with Gasteiger partial charge in [-0.1, -0.05) is 48.5 Å². The van der Waals surface area contributed by atoms with Gasteiger partial charge in [0.05, 0.1) is 12.2 Å². The van der Waals surface area contributed by atoms with Crippen LogP contribution in [-0.4, -0.2) is 11.2 Å². The lowest BCUT2D eigenvalue weighted by Gasteiger charge is -2.32. The second-order valence-corrected chi connectivity index (χ2v) is 7.05. The van der Waals surface area contributed by atoms with Crippen LogP contribution in [0.5, 0.6) is 11.5 Å². The Hall–Kier alpha value is -2.78. The normalized spacial score (nSPS) is 18.9. The van der Waals surface area contributed by atoms with Crippen LogP contribution in [-0.2, 0) is 17.8 Å². The number of phenols is 1. The molecule has 3 aromatic rings. The number of hydrogen-bond acceptors (Lipinski definition) is 3. The minimum Gasteiger partial charge on any atom is -0.507 e. The van der Waals surface area contributed by atoms with E-state index in [1.807, 2.05) is 36.4 Å². The lowest BCUT2D eigenvalue weighted by molar-refractivity contribution is -0.0149. The number of phenolic OH excluding ortho intramolecular Hbond substituents is 1. The van der Waals surface area contributed by atoms with Crippen LogP contribution in [0.15, 0.2) is 67.3 Å². The Kier molecular flexibility index (Phi) is 4.87. The molecule has 0 aliphatic carbocycles. The number of aromatic hydroxyl groups is 1. The summed E-state index contributed by atoms with van der Waals surface area (Å²) in [7, 11) is 0. The minimum atomic E-state index is -0.0729. The highest BCUT2D eigenvalue weighted by Gasteiger charge is 2.29. The highest BCUT2D eigenvalue weighted by Crippen LogP contribution is 2.44. The molecule has 1 aliphatic heterocycles. The summed E-state index contributed by atoms with van der Waals surface area (Å²) in [5, 5.41) is 12.2. The van der Waals surface area contributed by atoms with E-state index in [4.69, 9.17) is 9.47 Å². The molecule has 0 bridgehead atoms. The maximum Gasteiger partial charge on any atom is 0.133 e. The lowest BCUT2D eigenvalue weighted by Crippen LogP contribution is -2.25. The molecular formula is C24H24O3. The van der Waals surface area contributed by atoms with Gasteiger partial charge in [0.2, 0.25) is 0 Å². The van der Waals surface area contributed by atoms with Gasteiger partial charge in [-0.05, 0) is 43.0 Å². The summed E-state index contributed by atoms with van der Waals surface area (Å²) in [5.74, 6) is 1.09. The first-order valence-electron chi connectivity index (χ1n) is 9.38. The van der Waals surface area contributed by atoms with Crippen LogP contribution in [0.25, 0.3) is 10.8 Å². The highest BCUT2D eigenvalue weighted by atomic mass is 16.5. The van der Waals surface area contributed by atoms with Gasteiger partial charge in [0.15, 0.2) is 0 Å². The zero-order chi connectivity index (χ0) is 18.8. The molecule has 0 radical (unpaired) electrons. The van der Waals surface area contributed by atoms with Gasteiger partial charge in [0.1, 0.15) is 18.1 Å². The zero-order valence-electron chi connectivity index (χ0n) is 15.5. The molecule has 3 aromatic carbocycles. The molecule has 1 N–H and O–H groups in total. The second kappa shape index (κ2) is 7.45. The molecule has 4 rings (SSSR count). The number of benzene rings is 3. The van der Waals surface area contributed by atoms with Crippen LogP contribution in [0.4, 0.5) is 0 Å². The Balaban J connectivity index is 1.81. The van der Waals surface area contributed by atoms with E-state index in [1.165, 1.54) is 5.56 Å². The first-order chi connectivity index (χ1) is 13.2. The molecule has 0 aromatic heterocycles. The van der Waals surface area contributed by atoms with Crippen molar-refractivity contribution in [3.8, 4) is 11.5 Å². The van der Waals surface area contributed by atoms with Crippen molar-refractivity contribution >= 4 is 10.8 Å². The Morgan fingerprint density at radius 2 is 1.96 bits per heavy atom. The van der Waals surface area contributed by atoms with Gasteiger partial charge in [-0.25, -0.2) is 0 Å². The average Bonchev–Trinajstić information content (AvgIpc) is 2.67. The summed E-state index contributed by atoms with van der Waals surface area (Å²) in [4.78, 5) is 0. The third-order valence-electron chi connectivity index (χ3n) is 5.14. The Morgan fingerprint density at radius 3 is 2.74 bits per heavy atom. The average molecular weight is 360 g/mol. The Labute approximate surface area is 159 Å². The number of fused-ring (bicyclic) bond motifs is 2. The van der Waals surface area contributed by atoms with Crippen molar-refractivity contribution in [2.24, 2.45) is 0 Å². The van der Waals surface area contributed by atoms with Gasteiger partial charge < -0.3 is 14.6 Å². The lowest BCUT2D eigenvalue weighted by atomic mass is 9.89. The predicted molar refractivity (Wildman–Crippen MR) is 108 cm³/mol. The van der Waals surface area contributed by atoms with Gasteiger partial charge in [-0.15, -0.1) is 6.58 Å². The van der Waals surface area contributed by atoms with Crippen LogP contribution < -0.4 is 4.74 Å². The van der Waals surface area contributed by atoms with Crippen molar-refractivity contribution < 1.29 is 14.6 Å². The number of ether oxygens (including phenoxy) is 2. The van der Waals surface area contributed by atoms with Gasteiger partial charge >= 0.3 is 0 Å². The maximum absolute atomic E-state index is 10.4. The smallest absolute Gasteiger partial charge is 0.133 e. The van der Waals surface area contributed by atoms with E-state index >= 15 is 0 Å². The molecule has 0 amide bonds. The van der Waals surface area contributed by atoms with Gasteiger partial charge in [0.25, 0.3) is 0 Å². The fourth-order valence-corrected chi connectivity index (χ4v) is 3.92. The van der Waals surface area contributed by atoms with Crippen molar-refractivity contribution in [2.75, 3.05) is 0 Å². The zero-order valence-corrected chi connectivity index (χ0v) is 15.5. The standard InChI is InChI=1S/C24H24O3/c1-3-8-19-13-18-14-21-20(11-7-12-22(21)25)24(23(18)16(2)27-19)26-15-17-9-5-4-6-10-17/h3-7,9-12,14,16,19,25H,1,8,13,15H2,2H3/t16-,19-/m0/s1. The van der Waals surface area contributed by atoms with Crippen molar-refractivity contribution in [1.29, 1.82) is 0 Å². The molecule has 3 nitrogen and oxygen atoms in total. The Morgan fingerprint density at radius 1 is 1.15 bits per heavy atom. The molecule has 138 valence electrons. The van der Waals surface area contributed by atoms with Gasteiger partial charge in [-0.2, -0.15) is 0 Å². The van der Waals surface area contributed by atoms with Crippen molar-refractivity contribution in [3.63, 3.8) is 0 Å². The Bertz CT molecular complexity index is 962. The van der Waals surface area contributed by atoms with Crippen molar-refractivity contribution in [3.05, 3.63) is 83.9 Å². The van der Waals surface area contributed by atoms with Crippen LogP contribution >= 0.6 is 0 Å². The van der Waals surface area contributed by atoms with E-state index in [0.29, 0.717) is 6.61 Å². The summed E-state index contributed by atoms with van der Waals surface area (Å²) < 4.78 is 12.5. The van der Waals surface area contributed by atoms with Crippen molar-refractivity contribution in [2.45, 2.75) is 38.6 Å². The van der Waals surface area contributed by atoms with E-state index in [-0.39, 0.29) is 18.0 Å². The third-order valence-corrected chi connectivity index (χ3v) is 5.14. The predicted octanol–water partition coefficient (Wildman–Crippen LogP) is 5.70. The highest BCUT2D eigenvalue weighted by molar-refractivity contribution is 5.95. The first-order valence-corrected chi connectivity index (χ1v) is 9.38. The molecule has 0 saturated carbocycles. The summed E-state index contributed by atoms with van der Waals surface area (Å²) in [6, 6.07) is 17.8. The quantitative estimate of drug-likeness (QED) is 0.593. The molecule has 27 heavy (non-hydrogen) atoms. The topological polar surface area (TPSA) is 38.7 Å². The van der Waals surface area contributed by atoms with Crippen LogP contribution in [0.1, 0.15) is 36.1 Å². The summed E-state index contributed by atoms with van der Waals surface area (Å²) in [6.07, 6.45) is 3.53. The molecular weight excluding hydrogens is 336 g/mol. The molecule has 2 atom stereocenters. The molecule has 0 fully saturated rings. The number of hydrogen-bond donors (Lipinski definition) is 1. The fraction of sp³-hybridized carbons (Fsp3) is 0.250. The van der Waals surface area contributed by atoms with E-state index in [0.717, 1.165) is 40.5 Å². The third kappa shape index (κ3) is 3.43. The molecule has 0 saturated heterocycles. The van der Waals surface area contributed by atoms with E-state index in [1.54, 1.807) is 6.07 Å². The fourth-order valence-electron chi connectivity index (χ4n) is 3.92. The molecule has 1 aliphatic rings. The van der Waals surface area contributed by atoms with Gasteiger partial charge in [-0.3, -0.25) is 0 Å².